The lowest BCUT2D eigenvalue weighted by Gasteiger charge is -2.11. The molecule has 0 atom stereocenters. The molecule has 0 fully saturated rings. The lowest BCUT2D eigenvalue weighted by atomic mass is 9.96. The number of rotatable bonds is 5. The van der Waals surface area contributed by atoms with Crippen LogP contribution in [0, 0.1) is 0 Å². The van der Waals surface area contributed by atoms with Gasteiger partial charge in [-0.05, 0) is 63.7 Å². The number of hydrogen-bond acceptors (Lipinski definition) is 6. The molecule has 0 bridgehead atoms. The van der Waals surface area contributed by atoms with E-state index in [0.717, 1.165) is 82.6 Å². The smallest absolute Gasteiger partial charge is 0.227 e. The molecule has 0 radical (unpaired) electrons. The number of benzene rings is 8. The highest BCUT2D eigenvalue weighted by Gasteiger charge is 2.19. The fourth-order valence-corrected chi connectivity index (χ4v) is 7.57. The van der Waals surface area contributed by atoms with Crippen LogP contribution in [0.15, 0.2) is 179 Å². The van der Waals surface area contributed by atoms with Gasteiger partial charge in [-0.25, -0.2) is 19.9 Å². The molecular weight excluding hydrogens is 665 g/mol. The Balaban J connectivity index is 1.08. The molecular formula is C48H28N4O2. The Kier molecular flexibility index (Phi) is 6.75. The van der Waals surface area contributed by atoms with E-state index in [1.807, 2.05) is 72.8 Å². The Morgan fingerprint density at radius 3 is 1.91 bits per heavy atom. The predicted molar refractivity (Wildman–Crippen MR) is 217 cm³/mol. The topological polar surface area (TPSA) is 77.8 Å². The van der Waals surface area contributed by atoms with Crippen LogP contribution in [-0.2, 0) is 0 Å². The molecule has 0 saturated heterocycles. The summed E-state index contributed by atoms with van der Waals surface area (Å²) in [6, 6.07) is 57.7. The van der Waals surface area contributed by atoms with Gasteiger partial charge in [0, 0.05) is 38.4 Å². The number of nitrogens with zero attached hydrogens (tertiary/aromatic N) is 4. The van der Waals surface area contributed by atoms with Gasteiger partial charge < -0.3 is 8.83 Å². The molecule has 8 aromatic carbocycles. The summed E-state index contributed by atoms with van der Waals surface area (Å²) in [5.74, 6) is 2.35. The molecule has 11 rings (SSSR count). The van der Waals surface area contributed by atoms with Crippen molar-refractivity contribution in [2.24, 2.45) is 0 Å². The summed E-state index contributed by atoms with van der Waals surface area (Å²) >= 11 is 0. The van der Waals surface area contributed by atoms with Crippen LogP contribution in [0.4, 0.5) is 0 Å². The molecule has 3 heterocycles. The van der Waals surface area contributed by atoms with Gasteiger partial charge in [0.15, 0.2) is 23.1 Å². The molecule has 11 aromatic rings. The van der Waals surface area contributed by atoms with Gasteiger partial charge in [-0.1, -0.05) is 133 Å². The third-order valence-electron chi connectivity index (χ3n) is 10.1. The van der Waals surface area contributed by atoms with Crippen LogP contribution in [0.5, 0.6) is 0 Å². The average Bonchev–Trinajstić information content (AvgIpc) is 3.86. The molecule has 3 aromatic heterocycles. The molecule has 0 saturated carbocycles. The first-order valence-electron chi connectivity index (χ1n) is 17.9. The fourth-order valence-electron chi connectivity index (χ4n) is 7.57. The van der Waals surface area contributed by atoms with Crippen LogP contribution in [0.2, 0.25) is 0 Å². The van der Waals surface area contributed by atoms with Crippen molar-refractivity contribution in [1.82, 2.24) is 19.9 Å². The zero-order chi connectivity index (χ0) is 35.6. The normalized spacial score (nSPS) is 11.7. The molecule has 6 nitrogen and oxygen atoms in total. The Hall–Kier alpha value is -7.44. The second-order valence-electron chi connectivity index (χ2n) is 13.4. The number of aromatic nitrogens is 4. The molecule has 0 aliphatic heterocycles. The second-order valence-corrected chi connectivity index (χ2v) is 13.4. The largest absolute Gasteiger partial charge is 0.456 e. The highest BCUT2D eigenvalue weighted by molar-refractivity contribution is 6.12. The standard InChI is InChI=1S/C48H28N4O2/c1-2-13-30(14-3-1)45-50-46(52-47(51-45)38-21-11-23-42-43(38)37-20-8-9-22-41(37)53-42)33-17-10-16-32(27-33)39-28-40-44(36-19-7-6-18-35(36)39)54-48(49-40)34-25-24-29-12-4-5-15-31(29)26-34/h1-28H. The summed E-state index contributed by atoms with van der Waals surface area (Å²) in [6.07, 6.45) is 0. The Labute approximate surface area is 309 Å². The van der Waals surface area contributed by atoms with Gasteiger partial charge in [0.1, 0.15) is 16.7 Å². The summed E-state index contributed by atoms with van der Waals surface area (Å²) in [6.45, 7) is 0. The third-order valence-corrected chi connectivity index (χ3v) is 10.1. The van der Waals surface area contributed by atoms with Gasteiger partial charge in [0.25, 0.3) is 0 Å². The van der Waals surface area contributed by atoms with E-state index < -0.39 is 0 Å². The SMILES string of the molecule is c1ccc(-c2nc(-c3cccc(-c4cc5nc(-c6ccc7ccccc7c6)oc5c5ccccc45)c3)nc(-c3cccc4oc5ccccc5c34)n2)cc1. The summed E-state index contributed by atoms with van der Waals surface area (Å²) in [5, 5.41) is 6.40. The lowest BCUT2D eigenvalue weighted by molar-refractivity contribution is 0.623. The first-order valence-corrected chi connectivity index (χ1v) is 17.9. The fraction of sp³-hybridized carbons (Fsp3) is 0. The van der Waals surface area contributed by atoms with Crippen LogP contribution >= 0.6 is 0 Å². The maximum Gasteiger partial charge on any atom is 0.227 e. The Morgan fingerprint density at radius 1 is 0.352 bits per heavy atom. The van der Waals surface area contributed by atoms with E-state index in [1.165, 1.54) is 5.39 Å². The van der Waals surface area contributed by atoms with Crippen LogP contribution in [0.3, 0.4) is 0 Å². The zero-order valence-corrected chi connectivity index (χ0v) is 28.8. The molecule has 0 N–H and O–H groups in total. The Morgan fingerprint density at radius 2 is 1.02 bits per heavy atom. The molecule has 0 amide bonds. The number of para-hydroxylation sites is 1. The Bertz CT molecular complexity index is 3240. The predicted octanol–water partition coefficient (Wildman–Crippen LogP) is 12.6. The molecule has 0 unspecified atom stereocenters. The second kappa shape index (κ2) is 12.1. The van der Waals surface area contributed by atoms with Crippen molar-refractivity contribution >= 4 is 54.6 Å². The first kappa shape index (κ1) is 30.2. The maximum absolute atomic E-state index is 6.52. The average molecular weight is 693 g/mol. The van der Waals surface area contributed by atoms with Crippen molar-refractivity contribution in [3.63, 3.8) is 0 Å². The van der Waals surface area contributed by atoms with Gasteiger partial charge in [-0.15, -0.1) is 0 Å². The molecule has 252 valence electrons. The highest BCUT2D eigenvalue weighted by atomic mass is 16.3. The van der Waals surface area contributed by atoms with Gasteiger partial charge in [-0.2, -0.15) is 0 Å². The highest BCUT2D eigenvalue weighted by Crippen LogP contribution is 2.40. The minimum absolute atomic E-state index is 0.580. The summed E-state index contributed by atoms with van der Waals surface area (Å²) in [7, 11) is 0. The molecule has 54 heavy (non-hydrogen) atoms. The monoisotopic (exact) mass is 692 g/mol. The van der Waals surface area contributed by atoms with Gasteiger partial charge in [-0.3, -0.25) is 0 Å². The van der Waals surface area contributed by atoms with Crippen molar-refractivity contribution < 1.29 is 8.83 Å². The van der Waals surface area contributed by atoms with E-state index in [2.05, 4.69) is 97.1 Å². The summed E-state index contributed by atoms with van der Waals surface area (Å²) in [4.78, 5) is 20.3. The van der Waals surface area contributed by atoms with E-state index in [4.69, 9.17) is 28.8 Å². The molecule has 0 spiro atoms. The van der Waals surface area contributed by atoms with Crippen molar-refractivity contribution in [2.75, 3.05) is 0 Å². The molecule has 6 heteroatoms. The van der Waals surface area contributed by atoms with Crippen molar-refractivity contribution in [3.8, 4) is 56.7 Å². The van der Waals surface area contributed by atoms with E-state index in [0.29, 0.717) is 23.4 Å². The van der Waals surface area contributed by atoms with Crippen LogP contribution < -0.4 is 0 Å². The van der Waals surface area contributed by atoms with Gasteiger partial charge in [0.05, 0.1) is 0 Å². The quantitative estimate of drug-likeness (QED) is 0.179. The zero-order valence-electron chi connectivity index (χ0n) is 28.8. The van der Waals surface area contributed by atoms with Crippen LogP contribution in [0.25, 0.3) is 111 Å². The van der Waals surface area contributed by atoms with E-state index in [9.17, 15) is 0 Å². The van der Waals surface area contributed by atoms with E-state index in [-0.39, 0.29) is 0 Å². The van der Waals surface area contributed by atoms with E-state index in [1.54, 1.807) is 0 Å². The van der Waals surface area contributed by atoms with Crippen molar-refractivity contribution in [1.29, 1.82) is 0 Å². The number of furan rings is 1. The third kappa shape index (κ3) is 4.96. The maximum atomic E-state index is 6.52. The number of fused-ring (bicyclic) bond motifs is 7. The van der Waals surface area contributed by atoms with E-state index >= 15 is 0 Å². The first-order chi connectivity index (χ1) is 26.7. The lowest BCUT2D eigenvalue weighted by Crippen LogP contribution is -2.00. The number of hydrogen-bond donors (Lipinski definition) is 0. The molecule has 0 aliphatic carbocycles. The minimum atomic E-state index is 0.580. The van der Waals surface area contributed by atoms with Crippen LogP contribution in [0.1, 0.15) is 0 Å². The van der Waals surface area contributed by atoms with Crippen LogP contribution in [-0.4, -0.2) is 19.9 Å². The summed E-state index contributed by atoms with van der Waals surface area (Å²) in [5.41, 5.74) is 8.86. The number of oxazole rings is 1. The minimum Gasteiger partial charge on any atom is -0.456 e. The van der Waals surface area contributed by atoms with Crippen molar-refractivity contribution in [2.45, 2.75) is 0 Å². The molecule has 0 aliphatic rings. The summed E-state index contributed by atoms with van der Waals surface area (Å²) < 4.78 is 12.8. The van der Waals surface area contributed by atoms with Gasteiger partial charge in [0.2, 0.25) is 5.89 Å². The van der Waals surface area contributed by atoms with Crippen molar-refractivity contribution in [3.05, 3.63) is 170 Å². The van der Waals surface area contributed by atoms with Gasteiger partial charge >= 0.3 is 0 Å².